The Bertz CT molecular complexity index is 522. The molecular formula is C12H11FN2OS. The first-order valence-corrected chi connectivity index (χ1v) is 5.92. The van der Waals surface area contributed by atoms with Gasteiger partial charge in [0.1, 0.15) is 10.8 Å². The molecule has 1 aromatic carbocycles. The summed E-state index contributed by atoms with van der Waals surface area (Å²) < 4.78 is 12.7. The van der Waals surface area contributed by atoms with Crippen molar-refractivity contribution in [3.05, 3.63) is 51.7 Å². The zero-order valence-corrected chi connectivity index (χ0v) is 10.1. The van der Waals surface area contributed by atoms with Crippen LogP contribution in [-0.4, -0.2) is 10.9 Å². The molecule has 1 heterocycles. The third-order valence-electron chi connectivity index (χ3n) is 2.18. The number of halogens is 1. The molecule has 0 saturated heterocycles. The Kier molecular flexibility index (Phi) is 3.49. The molecule has 1 N–H and O–H groups in total. The van der Waals surface area contributed by atoms with E-state index in [1.807, 2.05) is 6.92 Å². The first-order valence-electron chi connectivity index (χ1n) is 5.10. The summed E-state index contributed by atoms with van der Waals surface area (Å²) in [5.41, 5.74) is 0.444. The number of hydrogen-bond acceptors (Lipinski definition) is 3. The van der Waals surface area contributed by atoms with E-state index in [1.54, 1.807) is 17.5 Å². The minimum Gasteiger partial charge on any atom is -0.346 e. The van der Waals surface area contributed by atoms with Crippen molar-refractivity contribution in [2.75, 3.05) is 0 Å². The molecule has 3 nitrogen and oxygen atoms in total. The third kappa shape index (κ3) is 3.10. The van der Waals surface area contributed by atoms with E-state index in [1.165, 1.54) is 24.3 Å². The first kappa shape index (κ1) is 11.7. The van der Waals surface area contributed by atoms with E-state index in [0.29, 0.717) is 12.1 Å². The highest BCUT2D eigenvalue weighted by Crippen LogP contribution is 2.11. The molecule has 0 unspecified atom stereocenters. The molecule has 88 valence electrons. The van der Waals surface area contributed by atoms with Gasteiger partial charge in [-0.2, -0.15) is 0 Å². The van der Waals surface area contributed by atoms with Gasteiger partial charge in [0.05, 0.1) is 6.54 Å². The molecule has 1 aromatic heterocycles. The van der Waals surface area contributed by atoms with Gasteiger partial charge in [-0.1, -0.05) is 0 Å². The van der Waals surface area contributed by atoms with Crippen LogP contribution in [0.1, 0.15) is 20.2 Å². The summed E-state index contributed by atoms with van der Waals surface area (Å²) in [6.45, 7) is 2.36. The largest absolute Gasteiger partial charge is 0.346 e. The normalized spacial score (nSPS) is 10.2. The summed E-state index contributed by atoms with van der Waals surface area (Å²) in [7, 11) is 0. The summed E-state index contributed by atoms with van der Waals surface area (Å²) in [6, 6.07) is 5.44. The number of nitrogens with one attached hydrogen (secondary N) is 1. The van der Waals surface area contributed by atoms with Crippen LogP contribution in [0, 0.1) is 12.7 Å². The van der Waals surface area contributed by atoms with Crippen LogP contribution < -0.4 is 5.32 Å². The number of benzene rings is 1. The van der Waals surface area contributed by atoms with Gasteiger partial charge in [0.2, 0.25) is 0 Å². The lowest BCUT2D eigenvalue weighted by Gasteiger charge is -2.02. The molecule has 0 atom stereocenters. The summed E-state index contributed by atoms with van der Waals surface area (Å²) in [4.78, 5) is 16.9. The molecule has 0 bridgehead atoms. The summed E-state index contributed by atoms with van der Waals surface area (Å²) in [5, 5.41) is 3.59. The van der Waals surface area contributed by atoms with Crippen LogP contribution in [0.5, 0.6) is 0 Å². The molecule has 0 aliphatic heterocycles. The van der Waals surface area contributed by atoms with E-state index in [-0.39, 0.29) is 11.7 Å². The molecule has 0 saturated carbocycles. The second kappa shape index (κ2) is 5.05. The second-order valence-electron chi connectivity index (χ2n) is 3.55. The molecule has 0 fully saturated rings. The molecular weight excluding hydrogens is 239 g/mol. The van der Waals surface area contributed by atoms with Gasteiger partial charge in [-0.05, 0) is 31.2 Å². The molecule has 0 aliphatic carbocycles. The van der Waals surface area contributed by atoms with Crippen molar-refractivity contribution in [3.8, 4) is 0 Å². The van der Waals surface area contributed by atoms with E-state index in [9.17, 15) is 9.18 Å². The lowest BCUT2D eigenvalue weighted by molar-refractivity contribution is 0.0951. The third-order valence-corrected chi connectivity index (χ3v) is 3.09. The van der Waals surface area contributed by atoms with Gasteiger partial charge in [0.15, 0.2) is 0 Å². The van der Waals surface area contributed by atoms with Gasteiger partial charge < -0.3 is 5.32 Å². The minimum atomic E-state index is -0.350. The quantitative estimate of drug-likeness (QED) is 0.909. The number of nitrogens with zero attached hydrogens (tertiary/aromatic N) is 1. The van der Waals surface area contributed by atoms with Crippen molar-refractivity contribution in [3.63, 3.8) is 0 Å². The van der Waals surface area contributed by atoms with Crippen molar-refractivity contribution >= 4 is 17.2 Å². The van der Waals surface area contributed by atoms with Gasteiger partial charge in [-0.25, -0.2) is 9.37 Å². The monoisotopic (exact) mass is 250 g/mol. The number of hydrogen-bond donors (Lipinski definition) is 1. The molecule has 0 radical (unpaired) electrons. The molecule has 0 aliphatic rings. The Labute approximate surface area is 102 Å². The van der Waals surface area contributed by atoms with Crippen LogP contribution in [-0.2, 0) is 6.54 Å². The second-order valence-corrected chi connectivity index (χ2v) is 4.87. The van der Waals surface area contributed by atoms with Crippen LogP contribution >= 0.6 is 11.3 Å². The highest BCUT2D eigenvalue weighted by Gasteiger charge is 2.06. The van der Waals surface area contributed by atoms with E-state index in [2.05, 4.69) is 10.3 Å². The van der Waals surface area contributed by atoms with Crippen molar-refractivity contribution in [2.24, 2.45) is 0 Å². The maximum atomic E-state index is 12.7. The predicted octanol–water partition coefficient (Wildman–Crippen LogP) is 2.52. The Morgan fingerprint density at radius 3 is 2.71 bits per heavy atom. The van der Waals surface area contributed by atoms with Gasteiger partial charge in [-0.15, -0.1) is 11.3 Å². The van der Waals surface area contributed by atoms with Gasteiger partial charge >= 0.3 is 0 Å². The van der Waals surface area contributed by atoms with Crippen molar-refractivity contribution in [1.29, 1.82) is 0 Å². The van der Waals surface area contributed by atoms with Crippen LogP contribution in [0.15, 0.2) is 30.5 Å². The zero-order valence-electron chi connectivity index (χ0n) is 9.24. The van der Waals surface area contributed by atoms with Gasteiger partial charge in [0, 0.05) is 16.6 Å². The van der Waals surface area contributed by atoms with E-state index in [4.69, 9.17) is 0 Å². The summed E-state index contributed by atoms with van der Waals surface area (Å²) >= 11 is 1.54. The number of carbonyl (C=O) groups excluding carboxylic acids is 1. The summed E-state index contributed by atoms with van der Waals surface area (Å²) in [6.07, 6.45) is 1.77. The summed E-state index contributed by atoms with van der Waals surface area (Å²) in [5.74, 6) is -0.574. The SMILES string of the molecule is Cc1cnc(CNC(=O)c2ccc(F)cc2)s1. The minimum absolute atomic E-state index is 0.224. The number of rotatable bonds is 3. The highest BCUT2D eigenvalue weighted by molar-refractivity contribution is 7.11. The van der Waals surface area contributed by atoms with Crippen LogP contribution in [0.25, 0.3) is 0 Å². The van der Waals surface area contributed by atoms with Crippen molar-refractivity contribution in [1.82, 2.24) is 10.3 Å². The first-order chi connectivity index (χ1) is 8.15. The molecule has 2 rings (SSSR count). The molecule has 0 spiro atoms. The van der Waals surface area contributed by atoms with E-state index < -0.39 is 0 Å². The van der Waals surface area contributed by atoms with E-state index in [0.717, 1.165) is 9.88 Å². The topological polar surface area (TPSA) is 42.0 Å². The average Bonchev–Trinajstić information content (AvgIpc) is 2.73. The smallest absolute Gasteiger partial charge is 0.251 e. The number of carbonyl (C=O) groups is 1. The van der Waals surface area contributed by atoms with Crippen molar-refractivity contribution < 1.29 is 9.18 Å². The Morgan fingerprint density at radius 1 is 1.41 bits per heavy atom. The van der Waals surface area contributed by atoms with Crippen LogP contribution in [0.3, 0.4) is 0 Å². The molecule has 17 heavy (non-hydrogen) atoms. The standard InChI is InChI=1S/C12H11FN2OS/c1-8-6-14-11(17-8)7-15-12(16)9-2-4-10(13)5-3-9/h2-6H,7H2,1H3,(H,15,16). The maximum Gasteiger partial charge on any atom is 0.251 e. The fourth-order valence-electron chi connectivity index (χ4n) is 1.34. The number of thiazole rings is 1. The molecule has 1 amide bonds. The Balaban J connectivity index is 1.95. The van der Waals surface area contributed by atoms with Gasteiger partial charge in [-0.3, -0.25) is 4.79 Å². The molecule has 2 aromatic rings. The fourth-order valence-corrected chi connectivity index (χ4v) is 2.07. The molecule has 5 heteroatoms. The fraction of sp³-hybridized carbons (Fsp3) is 0.167. The van der Waals surface area contributed by atoms with Crippen LogP contribution in [0.2, 0.25) is 0 Å². The Hall–Kier alpha value is -1.75. The van der Waals surface area contributed by atoms with Crippen LogP contribution in [0.4, 0.5) is 4.39 Å². The lowest BCUT2D eigenvalue weighted by atomic mass is 10.2. The highest BCUT2D eigenvalue weighted by atomic mass is 32.1. The zero-order chi connectivity index (χ0) is 12.3. The van der Waals surface area contributed by atoms with Crippen molar-refractivity contribution in [2.45, 2.75) is 13.5 Å². The van der Waals surface area contributed by atoms with E-state index >= 15 is 0 Å². The lowest BCUT2D eigenvalue weighted by Crippen LogP contribution is -2.22. The predicted molar refractivity (Wildman–Crippen MR) is 64.4 cm³/mol. The maximum absolute atomic E-state index is 12.7. The number of aromatic nitrogens is 1. The number of aryl methyl sites for hydroxylation is 1. The van der Waals surface area contributed by atoms with Gasteiger partial charge in [0.25, 0.3) is 5.91 Å². The number of amides is 1. The Morgan fingerprint density at radius 2 is 2.12 bits per heavy atom. The average molecular weight is 250 g/mol.